The molecule has 1 aliphatic carbocycles. The van der Waals surface area contributed by atoms with Crippen LogP contribution in [0.3, 0.4) is 0 Å². The highest BCUT2D eigenvalue weighted by molar-refractivity contribution is 7.88. The molecule has 1 heterocycles. The zero-order chi connectivity index (χ0) is 17.6. The number of urea groups is 1. The van der Waals surface area contributed by atoms with Crippen LogP contribution < -0.4 is 15.4 Å². The molecule has 2 amide bonds. The molecule has 1 aromatic heterocycles. The number of sulfonamides is 1. The average molecular weight is 354 g/mol. The molecule has 3 atom stereocenters. The Kier molecular flexibility index (Phi) is 6.56. The zero-order valence-corrected chi connectivity index (χ0v) is 15.0. The van der Waals surface area contributed by atoms with Crippen molar-refractivity contribution in [1.82, 2.24) is 20.3 Å². The van der Waals surface area contributed by atoms with Crippen molar-refractivity contribution in [2.45, 2.75) is 57.2 Å². The lowest BCUT2D eigenvalue weighted by atomic mass is 9.91. The first kappa shape index (κ1) is 18.7. The highest BCUT2D eigenvalue weighted by atomic mass is 32.2. The van der Waals surface area contributed by atoms with Gasteiger partial charge in [0, 0.05) is 24.5 Å². The summed E-state index contributed by atoms with van der Waals surface area (Å²) in [6.45, 7) is 2.00. The number of amides is 2. The standard InChI is InChI=1S/C16H26N4O3S/c1-3-13(12-8-10-17-11-9-12)18-16(21)19-14-6-4-5-7-15(14)20-24(2,22)23/h8-11,13-15,20H,3-7H2,1-2H3,(H2,18,19,21)/t13-,14+,15-/m0/s1. The molecule has 1 aliphatic rings. The van der Waals surface area contributed by atoms with Gasteiger partial charge >= 0.3 is 6.03 Å². The monoisotopic (exact) mass is 354 g/mol. The Morgan fingerprint density at radius 3 is 2.46 bits per heavy atom. The van der Waals surface area contributed by atoms with Crippen LogP contribution in [0.5, 0.6) is 0 Å². The fourth-order valence-corrected chi connectivity index (χ4v) is 3.94. The summed E-state index contributed by atoms with van der Waals surface area (Å²) in [6, 6.07) is 2.94. The van der Waals surface area contributed by atoms with Crippen molar-refractivity contribution in [3.8, 4) is 0 Å². The molecule has 0 spiro atoms. The maximum absolute atomic E-state index is 12.3. The lowest BCUT2D eigenvalue weighted by Crippen LogP contribution is -2.55. The van der Waals surface area contributed by atoms with E-state index in [0.29, 0.717) is 0 Å². The van der Waals surface area contributed by atoms with E-state index in [2.05, 4.69) is 20.3 Å². The van der Waals surface area contributed by atoms with Crippen LogP contribution in [0.1, 0.15) is 50.6 Å². The Morgan fingerprint density at radius 2 is 1.88 bits per heavy atom. The fourth-order valence-electron chi connectivity index (χ4n) is 3.10. The van der Waals surface area contributed by atoms with Crippen molar-refractivity contribution >= 4 is 16.1 Å². The molecule has 0 unspecified atom stereocenters. The predicted octanol–water partition coefficient (Wildman–Crippen LogP) is 1.69. The summed E-state index contributed by atoms with van der Waals surface area (Å²) < 4.78 is 25.6. The van der Waals surface area contributed by atoms with Crippen LogP contribution in [0.25, 0.3) is 0 Å². The van der Waals surface area contributed by atoms with E-state index >= 15 is 0 Å². The first-order valence-corrected chi connectivity index (χ1v) is 10.2. The molecule has 0 saturated heterocycles. The van der Waals surface area contributed by atoms with Crippen LogP contribution in [-0.2, 0) is 10.0 Å². The van der Waals surface area contributed by atoms with Gasteiger partial charge in [-0.1, -0.05) is 19.8 Å². The van der Waals surface area contributed by atoms with E-state index in [1.54, 1.807) is 12.4 Å². The van der Waals surface area contributed by atoms with Gasteiger partial charge in [-0.15, -0.1) is 0 Å². The number of nitrogens with zero attached hydrogens (tertiary/aromatic N) is 1. The second-order valence-corrected chi connectivity index (χ2v) is 8.03. The second-order valence-electron chi connectivity index (χ2n) is 6.25. The first-order valence-electron chi connectivity index (χ1n) is 8.33. The van der Waals surface area contributed by atoms with E-state index < -0.39 is 10.0 Å². The molecule has 0 bridgehead atoms. The van der Waals surface area contributed by atoms with Gasteiger partial charge in [-0.3, -0.25) is 4.98 Å². The van der Waals surface area contributed by atoms with Gasteiger partial charge < -0.3 is 10.6 Å². The Bertz CT molecular complexity index is 636. The van der Waals surface area contributed by atoms with Gasteiger partial charge in [0.1, 0.15) is 0 Å². The van der Waals surface area contributed by atoms with Crippen LogP contribution in [0.15, 0.2) is 24.5 Å². The number of aromatic nitrogens is 1. The summed E-state index contributed by atoms with van der Waals surface area (Å²) in [5, 5.41) is 5.89. The second kappa shape index (κ2) is 8.43. The van der Waals surface area contributed by atoms with Crippen LogP contribution in [0, 0.1) is 0 Å². The van der Waals surface area contributed by atoms with Crippen molar-refractivity contribution in [3.63, 3.8) is 0 Å². The number of hydrogen-bond donors (Lipinski definition) is 3. The molecule has 3 N–H and O–H groups in total. The van der Waals surface area contributed by atoms with Crippen LogP contribution in [0.2, 0.25) is 0 Å². The Hall–Kier alpha value is -1.67. The van der Waals surface area contributed by atoms with Crippen LogP contribution >= 0.6 is 0 Å². The summed E-state index contributed by atoms with van der Waals surface area (Å²) in [7, 11) is -3.29. The van der Waals surface area contributed by atoms with E-state index in [1.165, 1.54) is 0 Å². The topological polar surface area (TPSA) is 100 Å². The Balaban J connectivity index is 1.96. The normalized spacial score (nSPS) is 22.6. The number of carbonyl (C=O) groups is 1. The maximum Gasteiger partial charge on any atom is 0.315 e. The van der Waals surface area contributed by atoms with E-state index in [4.69, 9.17) is 0 Å². The fraction of sp³-hybridized carbons (Fsp3) is 0.625. The molecule has 0 aromatic carbocycles. The molecule has 7 nitrogen and oxygen atoms in total. The molecule has 2 rings (SSSR count). The number of carbonyl (C=O) groups excluding carboxylic acids is 1. The third-order valence-electron chi connectivity index (χ3n) is 4.27. The van der Waals surface area contributed by atoms with Crippen LogP contribution in [0.4, 0.5) is 4.79 Å². The largest absolute Gasteiger partial charge is 0.334 e. The predicted molar refractivity (Wildman–Crippen MR) is 93.0 cm³/mol. The van der Waals surface area contributed by atoms with Crippen LogP contribution in [-0.4, -0.2) is 37.8 Å². The minimum atomic E-state index is -3.29. The average Bonchev–Trinajstić information content (AvgIpc) is 2.54. The van der Waals surface area contributed by atoms with E-state index in [9.17, 15) is 13.2 Å². The van der Waals surface area contributed by atoms with Gasteiger partial charge in [0.05, 0.1) is 12.3 Å². The molecule has 0 radical (unpaired) electrons. The van der Waals surface area contributed by atoms with Crippen molar-refractivity contribution in [2.24, 2.45) is 0 Å². The van der Waals surface area contributed by atoms with Gasteiger partial charge in [0.15, 0.2) is 0 Å². The summed E-state index contributed by atoms with van der Waals surface area (Å²) in [5.74, 6) is 0. The third-order valence-corrected chi connectivity index (χ3v) is 5.00. The van der Waals surface area contributed by atoms with Crippen molar-refractivity contribution in [3.05, 3.63) is 30.1 Å². The van der Waals surface area contributed by atoms with E-state index in [-0.39, 0.29) is 24.2 Å². The number of nitrogens with one attached hydrogen (secondary N) is 3. The van der Waals surface area contributed by atoms with Gasteiger partial charge in [0.2, 0.25) is 10.0 Å². The molecule has 0 aliphatic heterocycles. The molecule has 8 heteroatoms. The Labute approximate surface area is 143 Å². The molecule has 1 aromatic rings. The lowest BCUT2D eigenvalue weighted by molar-refractivity contribution is 0.223. The summed E-state index contributed by atoms with van der Waals surface area (Å²) >= 11 is 0. The van der Waals surface area contributed by atoms with Gasteiger partial charge in [-0.05, 0) is 37.0 Å². The summed E-state index contributed by atoms with van der Waals surface area (Å²) in [4.78, 5) is 16.3. The summed E-state index contributed by atoms with van der Waals surface area (Å²) in [6.07, 6.45) is 8.75. The molecule has 24 heavy (non-hydrogen) atoms. The number of hydrogen-bond acceptors (Lipinski definition) is 4. The molecule has 1 fully saturated rings. The molecular weight excluding hydrogens is 328 g/mol. The third kappa shape index (κ3) is 5.76. The zero-order valence-electron chi connectivity index (χ0n) is 14.2. The minimum absolute atomic E-state index is 0.0992. The quantitative estimate of drug-likeness (QED) is 0.724. The van der Waals surface area contributed by atoms with Crippen molar-refractivity contribution < 1.29 is 13.2 Å². The van der Waals surface area contributed by atoms with Gasteiger partial charge in [0.25, 0.3) is 0 Å². The SMILES string of the molecule is CC[C@H](NC(=O)N[C@@H]1CCCC[C@@H]1NS(C)(=O)=O)c1ccncc1. The molecule has 1 saturated carbocycles. The highest BCUT2D eigenvalue weighted by Gasteiger charge is 2.29. The maximum atomic E-state index is 12.3. The highest BCUT2D eigenvalue weighted by Crippen LogP contribution is 2.20. The first-order chi connectivity index (χ1) is 11.4. The lowest BCUT2D eigenvalue weighted by Gasteiger charge is -2.32. The van der Waals surface area contributed by atoms with Gasteiger partial charge in [-0.2, -0.15) is 0 Å². The summed E-state index contributed by atoms with van der Waals surface area (Å²) in [5.41, 5.74) is 0.997. The smallest absolute Gasteiger partial charge is 0.315 e. The van der Waals surface area contributed by atoms with E-state index in [1.807, 2.05) is 19.1 Å². The van der Waals surface area contributed by atoms with Crippen molar-refractivity contribution in [1.29, 1.82) is 0 Å². The molecular formula is C16H26N4O3S. The number of rotatable bonds is 6. The Morgan fingerprint density at radius 1 is 1.25 bits per heavy atom. The molecule has 134 valence electrons. The number of pyridine rings is 1. The minimum Gasteiger partial charge on any atom is -0.334 e. The van der Waals surface area contributed by atoms with E-state index in [0.717, 1.165) is 43.9 Å². The van der Waals surface area contributed by atoms with Crippen molar-refractivity contribution in [2.75, 3.05) is 6.26 Å². The van der Waals surface area contributed by atoms with Gasteiger partial charge in [-0.25, -0.2) is 17.9 Å².